The molecule has 6 nitrogen and oxygen atoms in total. The van der Waals surface area contributed by atoms with Gasteiger partial charge >= 0.3 is 0 Å². The van der Waals surface area contributed by atoms with Crippen molar-refractivity contribution in [2.45, 2.75) is 6.54 Å². The van der Waals surface area contributed by atoms with E-state index in [0.717, 1.165) is 5.56 Å². The first-order chi connectivity index (χ1) is 8.60. The van der Waals surface area contributed by atoms with Crippen molar-refractivity contribution in [2.75, 3.05) is 17.7 Å². The van der Waals surface area contributed by atoms with Gasteiger partial charge in [0.25, 0.3) is 0 Å². The largest absolute Gasteiger partial charge is 0.397 e. The monoisotopic (exact) mass is 242 g/mol. The van der Waals surface area contributed by atoms with Gasteiger partial charge in [0.1, 0.15) is 11.9 Å². The summed E-state index contributed by atoms with van der Waals surface area (Å²) < 4.78 is 1.74. The highest BCUT2D eigenvalue weighted by Gasteiger charge is 2.10. The van der Waals surface area contributed by atoms with E-state index in [4.69, 9.17) is 11.0 Å². The summed E-state index contributed by atoms with van der Waals surface area (Å²) in [5, 5.41) is 13.2. The van der Waals surface area contributed by atoms with Crippen molar-refractivity contribution in [2.24, 2.45) is 7.05 Å². The SMILES string of the molecule is CN(Cc1cnn(C)c1)c1ncc(N)cc1C#N. The predicted molar refractivity (Wildman–Crippen MR) is 68.7 cm³/mol. The van der Waals surface area contributed by atoms with Crippen molar-refractivity contribution in [1.29, 1.82) is 5.26 Å². The molecule has 2 aromatic rings. The summed E-state index contributed by atoms with van der Waals surface area (Å²) in [6.45, 7) is 0.638. The van der Waals surface area contributed by atoms with Crippen molar-refractivity contribution < 1.29 is 0 Å². The average Bonchev–Trinajstić information content (AvgIpc) is 2.74. The Hall–Kier alpha value is -2.55. The van der Waals surface area contributed by atoms with Gasteiger partial charge in [-0.1, -0.05) is 0 Å². The zero-order valence-electron chi connectivity index (χ0n) is 10.3. The Kier molecular flexibility index (Phi) is 3.15. The van der Waals surface area contributed by atoms with Gasteiger partial charge in [-0.05, 0) is 6.07 Å². The van der Waals surface area contributed by atoms with Gasteiger partial charge < -0.3 is 10.6 Å². The summed E-state index contributed by atoms with van der Waals surface area (Å²) in [7, 11) is 3.75. The summed E-state index contributed by atoms with van der Waals surface area (Å²) in [6.07, 6.45) is 5.27. The molecule has 92 valence electrons. The van der Waals surface area contributed by atoms with Crippen molar-refractivity contribution in [3.8, 4) is 6.07 Å². The number of pyridine rings is 1. The minimum atomic E-state index is 0.474. The van der Waals surface area contributed by atoms with Crippen molar-refractivity contribution in [1.82, 2.24) is 14.8 Å². The quantitative estimate of drug-likeness (QED) is 0.864. The van der Waals surface area contributed by atoms with E-state index < -0.39 is 0 Å². The molecule has 0 amide bonds. The van der Waals surface area contributed by atoms with Crippen LogP contribution in [0.1, 0.15) is 11.1 Å². The second-order valence-electron chi connectivity index (χ2n) is 4.13. The molecule has 0 saturated heterocycles. The summed E-state index contributed by atoms with van der Waals surface area (Å²) in [4.78, 5) is 6.10. The molecule has 0 radical (unpaired) electrons. The van der Waals surface area contributed by atoms with Crippen LogP contribution in [0.2, 0.25) is 0 Å². The smallest absolute Gasteiger partial charge is 0.146 e. The minimum Gasteiger partial charge on any atom is -0.397 e. The molecule has 2 aromatic heterocycles. The lowest BCUT2D eigenvalue weighted by atomic mass is 10.2. The van der Waals surface area contributed by atoms with Gasteiger partial charge in [-0.15, -0.1) is 0 Å². The Labute approximate surface area is 105 Å². The van der Waals surface area contributed by atoms with Crippen molar-refractivity contribution >= 4 is 11.5 Å². The van der Waals surface area contributed by atoms with Crippen molar-refractivity contribution in [3.63, 3.8) is 0 Å². The highest BCUT2D eigenvalue weighted by molar-refractivity contribution is 5.58. The van der Waals surface area contributed by atoms with E-state index in [9.17, 15) is 0 Å². The molecule has 0 saturated carbocycles. The molecular weight excluding hydrogens is 228 g/mol. The summed E-state index contributed by atoms with van der Waals surface area (Å²) in [5.74, 6) is 0.621. The van der Waals surface area contributed by atoms with Gasteiger partial charge in [-0.25, -0.2) is 4.98 Å². The fraction of sp³-hybridized carbons (Fsp3) is 0.250. The third-order valence-electron chi connectivity index (χ3n) is 2.55. The molecule has 0 aromatic carbocycles. The van der Waals surface area contributed by atoms with E-state index >= 15 is 0 Å². The van der Waals surface area contributed by atoms with Crippen LogP contribution in [-0.4, -0.2) is 21.8 Å². The van der Waals surface area contributed by atoms with Crippen LogP contribution in [0, 0.1) is 11.3 Å². The van der Waals surface area contributed by atoms with Crippen LogP contribution in [0.25, 0.3) is 0 Å². The maximum atomic E-state index is 9.07. The van der Waals surface area contributed by atoms with E-state index in [2.05, 4.69) is 16.2 Å². The lowest BCUT2D eigenvalue weighted by Gasteiger charge is -2.18. The number of rotatable bonds is 3. The molecule has 2 heterocycles. The zero-order chi connectivity index (χ0) is 13.1. The molecule has 0 unspecified atom stereocenters. The number of hydrogen-bond donors (Lipinski definition) is 1. The highest BCUT2D eigenvalue weighted by atomic mass is 15.2. The van der Waals surface area contributed by atoms with E-state index in [1.165, 1.54) is 0 Å². The molecule has 2 rings (SSSR count). The number of nitrogens with two attached hydrogens (primary N) is 1. The molecule has 0 aliphatic rings. The maximum absolute atomic E-state index is 9.07. The molecule has 0 spiro atoms. The number of aryl methyl sites for hydroxylation is 1. The van der Waals surface area contributed by atoms with E-state index in [0.29, 0.717) is 23.6 Å². The number of hydrogen-bond acceptors (Lipinski definition) is 5. The minimum absolute atomic E-state index is 0.474. The Morgan fingerprint density at radius 2 is 2.28 bits per heavy atom. The number of nitriles is 1. The predicted octanol–water partition coefficient (Wildman–Crippen LogP) is 0.905. The first kappa shape index (κ1) is 11.9. The van der Waals surface area contributed by atoms with Gasteiger partial charge in [0.2, 0.25) is 0 Å². The normalized spacial score (nSPS) is 10.1. The number of nitrogen functional groups attached to an aromatic ring is 1. The lowest BCUT2D eigenvalue weighted by Crippen LogP contribution is -2.18. The van der Waals surface area contributed by atoms with Gasteiger partial charge in [0, 0.05) is 32.4 Å². The third kappa shape index (κ3) is 2.40. The van der Waals surface area contributed by atoms with Crippen LogP contribution in [0.5, 0.6) is 0 Å². The van der Waals surface area contributed by atoms with Crippen LogP contribution in [0.4, 0.5) is 11.5 Å². The van der Waals surface area contributed by atoms with Gasteiger partial charge in [0.05, 0.1) is 23.6 Å². The molecule has 0 aliphatic carbocycles. The second kappa shape index (κ2) is 4.75. The molecule has 18 heavy (non-hydrogen) atoms. The summed E-state index contributed by atoms with van der Waals surface area (Å²) in [6, 6.07) is 3.73. The number of aromatic nitrogens is 3. The van der Waals surface area contributed by atoms with Gasteiger partial charge in [-0.3, -0.25) is 4.68 Å². The maximum Gasteiger partial charge on any atom is 0.146 e. The van der Waals surface area contributed by atoms with Crippen LogP contribution < -0.4 is 10.6 Å². The molecule has 6 heteroatoms. The first-order valence-electron chi connectivity index (χ1n) is 5.44. The number of anilines is 2. The zero-order valence-corrected chi connectivity index (χ0v) is 10.3. The van der Waals surface area contributed by atoms with E-state index in [-0.39, 0.29) is 0 Å². The fourth-order valence-corrected chi connectivity index (χ4v) is 1.76. The topological polar surface area (TPSA) is 83.8 Å². The molecule has 0 aliphatic heterocycles. The highest BCUT2D eigenvalue weighted by Crippen LogP contribution is 2.19. The van der Waals surface area contributed by atoms with E-state index in [1.54, 1.807) is 23.1 Å². The van der Waals surface area contributed by atoms with Crippen LogP contribution in [0.15, 0.2) is 24.7 Å². The summed E-state index contributed by atoms with van der Waals surface area (Å²) >= 11 is 0. The van der Waals surface area contributed by atoms with Crippen LogP contribution >= 0.6 is 0 Å². The Morgan fingerprint density at radius 1 is 1.50 bits per heavy atom. The fourth-order valence-electron chi connectivity index (χ4n) is 1.76. The third-order valence-corrected chi connectivity index (χ3v) is 2.55. The van der Waals surface area contributed by atoms with Gasteiger partial charge in [-0.2, -0.15) is 10.4 Å². The van der Waals surface area contributed by atoms with Crippen LogP contribution in [-0.2, 0) is 13.6 Å². The molecule has 0 atom stereocenters. The molecular formula is C12H14N6. The lowest BCUT2D eigenvalue weighted by molar-refractivity contribution is 0.766. The van der Waals surface area contributed by atoms with E-state index in [1.807, 2.05) is 25.2 Å². The van der Waals surface area contributed by atoms with Crippen molar-refractivity contribution in [3.05, 3.63) is 35.8 Å². The Bertz CT molecular complexity index is 595. The van der Waals surface area contributed by atoms with Crippen LogP contribution in [0.3, 0.4) is 0 Å². The standard InChI is InChI=1S/C12H14N6/c1-17(7-9-5-16-18(2)8-9)12-10(4-13)3-11(14)6-15-12/h3,5-6,8H,7,14H2,1-2H3. The summed E-state index contributed by atoms with van der Waals surface area (Å²) in [5.41, 5.74) is 7.64. The Balaban J connectivity index is 2.24. The first-order valence-corrected chi connectivity index (χ1v) is 5.44. The molecule has 2 N–H and O–H groups in total. The van der Waals surface area contributed by atoms with Gasteiger partial charge in [0.15, 0.2) is 0 Å². The molecule has 0 fully saturated rings. The number of nitrogens with zero attached hydrogens (tertiary/aromatic N) is 5. The molecule has 0 bridgehead atoms. The second-order valence-corrected chi connectivity index (χ2v) is 4.13. The Morgan fingerprint density at radius 3 is 2.89 bits per heavy atom. The average molecular weight is 242 g/mol.